The lowest BCUT2D eigenvalue weighted by atomic mass is 10.4. The predicted molar refractivity (Wildman–Crippen MR) is 61.3 cm³/mol. The first-order valence-electron chi connectivity index (χ1n) is 4.79. The van der Waals surface area contributed by atoms with Gasteiger partial charge in [0.2, 0.25) is 11.8 Å². The molecule has 7 heteroatoms. The fraction of sp³-hybridized carbons (Fsp3) is 0.667. The van der Waals surface area contributed by atoms with Crippen LogP contribution in [0.15, 0.2) is 0 Å². The van der Waals surface area contributed by atoms with Crippen LogP contribution in [0.4, 0.5) is 0 Å². The maximum absolute atomic E-state index is 11.5. The van der Waals surface area contributed by atoms with Crippen molar-refractivity contribution in [2.75, 3.05) is 31.6 Å². The van der Waals surface area contributed by atoms with E-state index in [0.717, 1.165) is 11.8 Å². The monoisotopic (exact) mass is 248 g/mol. The van der Waals surface area contributed by atoms with Gasteiger partial charge in [0.05, 0.1) is 18.1 Å². The molecule has 0 unspecified atom stereocenters. The van der Waals surface area contributed by atoms with Crippen molar-refractivity contribution in [1.82, 2.24) is 10.2 Å². The Morgan fingerprint density at radius 3 is 2.38 bits per heavy atom. The fourth-order valence-corrected chi connectivity index (χ4v) is 1.58. The third-order valence-corrected chi connectivity index (χ3v) is 2.70. The number of likely N-dealkylation sites (N-methyl/N-ethyl adjacent to an activating group) is 2. The normalized spacial score (nSPS) is 9.62. The van der Waals surface area contributed by atoms with E-state index in [1.165, 1.54) is 11.9 Å². The van der Waals surface area contributed by atoms with Crippen LogP contribution < -0.4 is 5.32 Å². The summed E-state index contributed by atoms with van der Waals surface area (Å²) in [4.78, 5) is 34.2. The number of hydrogen-bond acceptors (Lipinski definition) is 4. The quantitative estimate of drug-likeness (QED) is 0.628. The van der Waals surface area contributed by atoms with Crippen LogP contribution in [-0.2, 0) is 14.4 Å². The Hall–Kier alpha value is -1.24. The molecule has 16 heavy (non-hydrogen) atoms. The molecule has 6 nitrogen and oxygen atoms in total. The topological polar surface area (TPSA) is 86.7 Å². The summed E-state index contributed by atoms with van der Waals surface area (Å²) in [6, 6.07) is 0. The standard InChI is InChI=1S/C9H16N2O4S/c1-3-11(4-7(12)10-2)8(13)5-16-6-9(14)15/h3-6H2,1-2H3,(H,10,12)(H,14,15). The molecule has 92 valence electrons. The molecule has 0 heterocycles. The predicted octanol–water partition coefficient (Wildman–Crippen LogP) is -0.601. The van der Waals surface area contributed by atoms with Crippen molar-refractivity contribution in [2.45, 2.75) is 6.92 Å². The highest BCUT2D eigenvalue weighted by Gasteiger charge is 2.14. The van der Waals surface area contributed by atoms with Crippen LogP contribution in [0, 0.1) is 0 Å². The zero-order chi connectivity index (χ0) is 12.6. The molecule has 0 saturated carbocycles. The van der Waals surface area contributed by atoms with E-state index in [1.54, 1.807) is 6.92 Å². The molecule has 0 aliphatic rings. The lowest BCUT2D eigenvalue weighted by Crippen LogP contribution is -2.40. The van der Waals surface area contributed by atoms with Gasteiger partial charge in [-0.25, -0.2) is 0 Å². The summed E-state index contributed by atoms with van der Waals surface area (Å²) >= 11 is 1.03. The number of carbonyl (C=O) groups excluding carboxylic acids is 2. The van der Waals surface area contributed by atoms with Crippen LogP contribution in [0.1, 0.15) is 6.92 Å². The zero-order valence-electron chi connectivity index (χ0n) is 9.36. The largest absolute Gasteiger partial charge is 0.481 e. The Morgan fingerprint density at radius 1 is 1.31 bits per heavy atom. The van der Waals surface area contributed by atoms with Gasteiger partial charge in [-0.1, -0.05) is 0 Å². The SMILES string of the molecule is CCN(CC(=O)NC)C(=O)CSCC(=O)O. The molecule has 0 aromatic heterocycles. The molecule has 0 aliphatic carbocycles. The number of aliphatic carboxylic acids is 1. The van der Waals surface area contributed by atoms with Gasteiger partial charge in [0.1, 0.15) is 0 Å². The summed E-state index contributed by atoms with van der Waals surface area (Å²) in [5.41, 5.74) is 0. The van der Waals surface area contributed by atoms with E-state index < -0.39 is 5.97 Å². The number of hydrogen-bond donors (Lipinski definition) is 2. The lowest BCUT2D eigenvalue weighted by Gasteiger charge is -2.19. The lowest BCUT2D eigenvalue weighted by molar-refractivity contribution is -0.134. The summed E-state index contributed by atoms with van der Waals surface area (Å²) in [6.45, 7) is 2.21. The van der Waals surface area contributed by atoms with Gasteiger partial charge < -0.3 is 15.3 Å². The van der Waals surface area contributed by atoms with Gasteiger partial charge >= 0.3 is 5.97 Å². The minimum Gasteiger partial charge on any atom is -0.481 e. The molecule has 0 atom stereocenters. The first-order chi connectivity index (χ1) is 7.51. The van der Waals surface area contributed by atoms with Crippen molar-refractivity contribution >= 4 is 29.5 Å². The Morgan fingerprint density at radius 2 is 1.94 bits per heavy atom. The summed E-state index contributed by atoms with van der Waals surface area (Å²) in [5.74, 6) is -1.44. The Bertz CT molecular complexity index is 270. The van der Waals surface area contributed by atoms with Gasteiger partial charge in [-0.15, -0.1) is 11.8 Å². The van der Waals surface area contributed by atoms with Gasteiger partial charge in [-0.05, 0) is 6.92 Å². The van der Waals surface area contributed by atoms with Crippen LogP contribution in [0.5, 0.6) is 0 Å². The van der Waals surface area contributed by atoms with Crippen molar-refractivity contribution in [1.29, 1.82) is 0 Å². The van der Waals surface area contributed by atoms with Crippen LogP contribution in [0.25, 0.3) is 0 Å². The molecular formula is C9H16N2O4S. The second-order valence-corrected chi connectivity index (χ2v) is 3.95. The van der Waals surface area contributed by atoms with Gasteiger partial charge in [0, 0.05) is 13.6 Å². The number of carbonyl (C=O) groups is 3. The maximum Gasteiger partial charge on any atom is 0.313 e. The average Bonchev–Trinajstić information content (AvgIpc) is 2.24. The highest BCUT2D eigenvalue weighted by molar-refractivity contribution is 8.00. The minimum atomic E-state index is -0.952. The van der Waals surface area contributed by atoms with Crippen LogP contribution in [0.2, 0.25) is 0 Å². The van der Waals surface area contributed by atoms with Crippen molar-refractivity contribution in [3.63, 3.8) is 0 Å². The fourth-order valence-electron chi connectivity index (χ4n) is 0.946. The van der Waals surface area contributed by atoms with Gasteiger partial charge in [0.15, 0.2) is 0 Å². The molecule has 0 aromatic carbocycles. The Balaban J connectivity index is 4.00. The van der Waals surface area contributed by atoms with Crippen molar-refractivity contribution in [3.8, 4) is 0 Å². The van der Waals surface area contributed by atoms with Crippen molar-refractivity contribution < 1.29 is 19.5 Å². The number of amides is 2. The molecule has 0 radical (unpaired) electrons. The van der Waals surface area contributed by atoms with Gasteiger partial charge in [-0.3, -0.25) is 14.4 Å². The highest BCUT2D eigenvalue weighted by atomic mass is 32.2. The van der Waals surface area contributed by atoms with Crippen molar-refractivity contribution in [3.05, 3.63) is 0 Å². The second kappa shape index (κ2) is 7.98. The molecular weight excluding hydrogens is 232 g/mol. The molecule has 2 N–H and O–H groups in total. The molecule has 0 spiro atoms. The Labute approximate surface area is 98.4 Å². The maximum atomic E-state index is 11.5. The van der Waals surface area contributed by atoms with Gasteiger partial charge in [-0.2, -0.15) is 0 Å². The van der Waals surface area contributed by atoms with Crippen LogP contribution in [-0.4, -0.2) is 59.4 Å². The minimum absolute atomic E-state index is 0.0134. The smallest absolute Gasteiger partial charge is 0.313 e. The van der Waals surface area contributed by atoms with Crippen LogP contribution >= 0.6 is 11.8 Å². The number of rotatable bonds is 7. The summed E-state index contributed by atoms with van der Waals surface area (Å²) in [7, 11) is 1.50. The molecule has 2 amide bonds. The number of carboxylic acid groups (broad SMARTS) is 1. The first kappa shape index (κ1) is 14.8. The number of nitrogens with one attached hydrogen (secondary N) is 1. The van der Waals surface area contributed by atoms with E-state index >= 15 is 0 Å². The van der Waals surface area contributed by atoms with E-state index in [4.69, 9.17) is 5.11 Å². The third-order valence-electron chi connectivity index (χ3n) is 1.80. The molecule has 0 rings (SSSR count). The van der Waals surface area contributed by atoms with E-state index in [2.05, 4.69) is 5.32 Å². The average molecular weight is 248 g/mol. The van der Waals surface area contributed by atoms with E-state index in [9.17, 15) is 14.4 Å². The summed E-state index contributed by atoms with van der Waals surface area (Å²) in [5, 5.41) is 10.8. The molecule has 0 bridgehead atoms. The third kappa shape index (κ3) is 6.28. The molecule has 0 aromatic rings. The van der Waals surface area contributed by atoms with E-state index in [-0.39, 0.29) is 29.9 Å². The second-order valence-electron chi connectivity index (χ2n) is 2.97. The number of carboxylic acids is 1. The number of nitrogens with zero attached hydrogens (tertiary/aromatic N) is 1. The first-order valence-corrected chi connectivity index (χ1v) is 5.94. The molecule has 0 fully saturated rings. The molecule has 0 aliphatic heterocycles. The number of thioether (sulfide) groups is 1. The van der Waals surface area contributed by atoms with Crippen molar-refractivity contribution in [2.24, 2.45) is 0 Å². The van der Waals surface area contributed by atoms with Gasteiger partial charge in [0.25, 0.3) is 0 Å². The highest BCUT2D eigenvalue weighted by Crippen LogP contribution is 2.02. The van der Waals surface area contributed by atoms with E-state index in [1.807, 2.05) is 0 Å². The summed E-state index contributed by atoms with van der Waals surface area (Å²) in [6.07, 6.45) is 0. The summed E-state index contributed by atoms with van der Waals surface area (Å²) < 4.78 is 0. The molecule has 0 saturated heterocycles. The van der Waals surface area contributed by atoms with Crippen LogP contribution in [0.3, 0.4) is 0 Å². The van der Waals surface area contributed by atoms with E-state index in [0.29, 0.717) is 6.54 Å². The Kier molecular flexibility index (Phi) is 7.36. The zero-order valence-corrected chi connectivity index (χ0v) is 10.2.